The molecular weight excluding hydrogens is 296 g/mol. The van der Waals surface area contributed by atoms with Gasteiger partial charge >= 0.3 is 0 Å². The zero-order chi connectivity index (χ0) is 15.2. The van der Waals surface area contributed by atoms with Gasteiger partial charge in [0.05, 0.1) is 6.10 Å². The molecule has 1 saturated heterocycles. The first-order valence-electron chi connectivity index (χ1n) is 7.96. The van der Waals surface area contributed by atoms with Crippen LogP contribution in [0, 0.1) is 6.92 Å². The normalized spacial score (nSPS) is 18.5. The van der Waals surface area contributed by atoms with Crippen molar-refractivity contribution in [3.8, 4) is 11.5 Å². The maximum absolute atomic E-state index is 5.74. The third-order valence-corrected chi connectivity index (χ3v) is 4.78. The van der Waals surface area contributed by atoms with Crippen LogP contribution in [0.5, 0.6) is 0 Å². The SMILES string of the molecule is Cc1ccc(-c2nnc(SCCCC3CCCCO3)o2)cc1. The van der Waals surface area contributed by atoms with Gasteiger partial charge in [0.15, 0.2) is 0 Å². The van der Waals surface area contributed by atoms with Crippen molar-refractivity contribution in [1.82, 2.24) is 10.2 Å². The summed E-state index contributed by atoms with van der Waals surface area (Å²) in [6, 6.07) is 8.13. The maximum Gasteiger partial charge on any atom is 0.276 e. The number of aryl methyl sites for hydroxylation is 1. The van der Waals surface area contributed by atoms with Crippen LogP contribution in [0.4, 0.5) is 0 Å². The first-order valence-corrected chi connectivity index (χ1v) is 8.95. The lowest BCUT2D eigenvalue weighted by atomic mass is 10.1. The Hall–Kier alpha value is -1.33. The Morgan fingerprint density at radius 1 is 1.18 bits per heavy atom. The first-order chi connectivity index (χ1) is 10.8. The van der Waals surface area contributed by atoms with Gasteiger partial charge in [-0.1, -0.05) is 29.5 Å². The molecule has 1 atom stereocenters. The largest absolute Gasteiger partial charge is 0.411 e. The summed E-state index contributed by atoms with van der Waals surface area (Å²) in [5.41, 5.74) is 2.20. The predicted molar refractivity (Wildman–Crippen MR) is 88.0 cm³/mol. The van der Waals surface area contributed by atoms with Gasteiger partial charge < -0.3 is 9.15 Å². The van der Waals surface area contributed by atoms with Gasteiger partial charge in [0.1, 0.15) is 0 Å². The fraction of sp³-hybridized carbons (Fsp3) is 0.529. The van der Waals surface area contributed by atoms with Gasteiger partial charge in [-0.2, -0.15) is 0 Å². The summed E-state index contributed by atoms with van der Waals surface area (Å²) < 4.78 is 11.5. The van der Waals surface area contributed by atoms with E-state index in [1.54, 1.807) is 11.8 Å². The van der Waals surface area contributed by atoms with Gasteiger partial charge in [-0.25, -0.2) is 0 Å². The number of hydrogen-bond donors (Lipinski definition) is 0. The average molecular weight is 318 g/mol. The highest BCUT2D eigenvalue weighted by atomic mass is 32.2. The summed E-state index contributed by atoms with van der Waals surface area (Å²) in [6.45, 7) is 3.00. The predicted octanol–water partition coefficient (Wildman–Crippen LogP) is 4.49. The van der Waals surface area contributed by atoms with Crippen molar-refractivity contribution in [3.05, 3.63) is 29.8 Å². The second-order valence-electron chi connectivity index (χ2n) is 5.72. The Bertz CT molecular complexity index is 577. The van der Waals surface area contributed by atoms with Gasteiger partial charge in [0.25, 0.3) is 5.22 Å². The molecule has 0 saturated carbocycles. The number of hydrogen-bond acceptors (Lipinski definition) is 5. The second-order valence-corrected chi connectivity index (χ2v) is 6.76. The summed E-state index contributed by atoms with van der Waals surface area (Å²) in [7, 11) is 0. The van der Waals surface area contributed by atoms with Crippen molar-refractivity contribution in [3.63, 3.8) is 0 Å². The van der Waals surface area contributed by atoms with Crippen molar-refractivity contribution in [2.75, 3.05) is 12.4 Å². The van der Waals surface area contributed by atoms with Gasteiger partial charge in [0.2, 0.25) is 5.89 Å². The Balaban J connectivity index is 1.44. The molecule has 0 bridgehead atoms. The van der Waals surface area contributed by atoms with Crippen LogP contribution in [0.1, 0.15) is 37.7 Å². The van der Waals surface area contributed by atoms with Crippen LogP contribution in [0.2, 0.25) is 0 Å². The fourth-order valence-electron chi connectivity index (χ4n) is 2.59. The maximum atomic E-state index is 5.74. The smallest absolute Gasteiger partial charge is 0.276 e. The molecule has 2 aromatic rings. The van der Waals surface area contributed by atoms with Gasteiger partial charge in [-0.3, -0.25) is 0 Å². The van der Waals surface area contributed by atoms with Crippen LogP contribution in [0.25, 0.3) is 11.5 Å². The van der Waals surface area contributed by atoms with Crippen LogP contribution >= 0.6 is 11.8 Å². The molecule has 22 heavy (non-hydrogen) atoms. The minimum atomic E-state index is 0.458. The minimum Gasteiger partial charge on any atom is -0.411 e. The Labute approximate surface area is 135 Å². The molecule has 1 aliphatic rings. The molecule has 1 aromatic heterocycles. The topological polar surface area (TPSA) is 48.2 Å². The van der Waals surface area contributed by atoms with Crippen molar-refractivity contribution in [1.29, 1.82) is 0 Å². The third kappa shape index (κ3) is 4.34. The number of benzene rings is 1. The van der Waals surface area contributed by atoms with E-state index in [0.717, 1.165) is 30.8 Å². The number of aromatic nitrogens is 2. The lowest BCUT2D eigenvalue weighted by Crippen LogP contribution is -2.18. The molecule has 1 aromatic carbocycles. The van der Waals surface area contributed by atoms with Crippen LogP contribution < -0.4 is 0 Å². The lowest BCUT2D eigenvalue weighted by molar-refractivity contribution is 0.0111. The lowest BCUT2D eigenvalue weighted by Gasteiger charge is -2.22. The summed E-state index contributed by atoms with van der Waals surface area (Å²) in [5.74, 6) is 1.59. The van der Waals surface area contributed by atoms with E-state index < -0.39 is 0 Å². The molecule has 118 valence electrons. The molecule has 4 nitrogen and oxygen atoms in total. The van der Waals surface area contributed by atoms with E-state index in [-0.39, 0.29) is 0 Å². The van der Waals surface area contributed by atoms with Crippen molar-refractivity contribution < 1.29 is 9.15 Å². The molecule has 0 spiro atoms. The number of thioether (sulfide) groups is 1. The highest BCUT2D eigenvalue weighted by Gasteiger charge is 2.14. The average Bonchev–Trinajstić information content (AvgIpc) is 3.02. The van der Waals surface area contributed by atoms with Crippen LogP contribution in [0.3, 0.4) is 0 Å². The van der Waals surface area contributed by atoms with Gasteiger partial charge in [0, 0.05) is 17.9 Å². The zero-order valence-corrected chi connectivity index (χ0v) is 13.8. The number of nitrogens with zero attached hydrogens (tertiary/aromatic N) is 2. The minimum absolute atomic E-state index is 0.458. The standard InChI is InChI=1S/C17H22N2O2S/c1-13-7-9-14(10-8-13)16-18-19-17(21-16)22-12-4-6-15-5-2-3-11-20-15/h7-10,15H,2-6,11-12H2,1H3. The molecule has 0 radical (unpaired) electrons. The molecule has 0 aliphatic carbocycles. The summed E-state index contributed by atoms with van der Waals surface area (Å²) >= 11 is 1.63. The molecule has 1 fully saturated rings. The quantitative estimate of drug-likeness (QED) is 0.580. The molecule has 0 N–H and O–H groups in total. The van der Waals surface area contributed by atoms with Gasteiger partial charge in [-0.05, 0) is 51.2 Å². The van der Waals surface area contributed by atoms with E-state index >= 15 is 0 Å². The van der Waals surface area contributed by atoms with Crippen LogP contribution in [0.15, 0.2) is 33.9 Å². The van der Waals surface area contributed by atoms with E-state index in [0.29, 0.717) is 17.2 Å². The summed E-state index contributed by atoms with van der Waals surface area (Å²) in [4.78, 5) is 0. The Morgan fingerprint density at radius 3 is 2.82 bits per heavy atom. The fourth-order valence-corrected chi connectivity index (χ4v) is 3.31. The molecular formula is C17H22N2O2S. The van der Waals surface area contributed by atoms with Crippen LogP contribution in [-0.2, 0) is 4.74 Å². The van der Waals surface area contributed by atoms with Crippen molar-refractivity contribution >= 4 is 11.8 Å². The third-order valence-electron chi connectivity index (χ3n) is 3.87. The first kappa shape index (κ1) is 15.6. The van der Waals surface area contributed by atoms with Gasteiger partial charge in [-0.15, -0.1) is 10.2 Å². The van der Waals surface area contributed by atoms with E-state index in [4.69, 9.17) is 9.15 Å². The van der Waals surface area contributed by atoms with E-state index in [1.165, 1.54) is 24.8 Å². The monoisotopic (exact) mass is 318 g/mol. The molecule has 3 rings (SSSR count). The van der Waals surface area contributed by atoms with Crippen molar-refractivity contribution in [2.24, 2.45) is 0 Å². The number of ether oxygens (including phenoxy) is 1. The Kier molecular flexibility index (Phi) is 5.51. The number of rotatable bonds is 6. The molecule has 0 amide bonds. The highest BCUT2D eigenvalue weighted by Crippen LogP contribution is 2.25. The second kappa shape index (κ2) is 7.79. The highest BCUT2D eigenvalue weighted by molar-refractivity contribution is 7.99. The van der Waals surface area contributed by atoms with E-state index in [9.17, 15) is 0 Å². The molecule has 5 heteroatoms. The van der Waals surface area contributed by atoms with Crippen molar-refractivity contribution in [2.45, 2.75) is 50.4 Å². The molecule has 2 heterocycles. The van der Waals surface area contributed by atoms with E-state index in [1.807, 2.05) is 12.1 Å². The Morgan fingerprint density at radius 2 is 2.05 bits per heavy atom. The zero-order valence-electron chi connectivity index (χ0n) is 13.0. The molecule has 1 aliphatic heterocycles. The summed E-state index contributed by atoms with van der Waals surface area (Å²) in [5, 5.41) is 8.89. The summed E-state index contributed by atoms with van der Waals surface area (Å²) in [6.07, 6.45) is 6.45. The van der Waals surface area contributed by atoms with Crippen LogP contribution in [-0.4, -0.2) is 28.7 Å². The van der Waals surface area contributed by atoms with E-state index in [2.05, 4.69) is 29.3 Å². The molecule has 1 unspecified atom stereocenters.